The molecule has 1 heterocycles. The number of benzene rings is 1. The zero-order valence-corrected chi connectivity index (χ0v) is 14.2. The van der Waals surface area contributed by atoms with Gasteiger partial charge in [0.05, 0.1) is 4.92 Å². The highest BCUT2D eigenvalue weighted by Crippen LogP contribution is 2.36. The molecule has 1 saturated heterocycles. The van der Waals surface area contributed by atoms with Crippen LogP contribution in [0, 0.1) is 10.1 Å². The molecule has 0 aromatic heterocycles. The van der Waals surface area contributed by atoms with Crippen LogP contribution in [0.2, 0.25) is 5.02 Å². The maximum atomic E-state index is 11.8. The number of esters is 2. The third-order valence-electron chi connectivity index (χ3n) is 2.71. The van der Waals surface area contributed by atoms with E-state index >= 15 is 0 Å². The molecule has 23 heavy (non-hydrogen) atoms. The number of carbonyl (C=O) groups excluding carboxylic acids is 2. The van der Waals surface area contributed by atoms with E-state index < -0.39 is 28.2 Å². The van der Waals surface area contributed by atoms with Gasteiger partial charge in [-0.1, -0.05) is 11.6 Å². The summed E-state index contributed by atoms with van der Waals surface area (Å²) in [4.78, 5) is 34.0. The lowest BCUT2D eigenvalue weighted by atomic mass is 10.2. The highest BCUT2D eigenvalue weighted by molar-refractivity contribution is 9.10. The van der Waals surface area contributed by atoms with Crippen molar-refractivity contribution in [3.05, 3.63) is 43.5 Å². The van der Waals surface area contributed by atoms with E-state index in [0.29, 0.717) is 0 Å². The second kappa shape index (κ2) is 6.17. The summed E-state index contributed by atoms with van der Waals surface area (Å²) in [5, 5.41) is 13.8. The van der Waals surface area contributed by atoms with E-state index in [4.69, 9.17) is 21.1 Å². The normalized spacial score (nSPS) is 16.4. The van der Waals surface area contributed by atoms with Gasteiger partial charge in [0.15, 0.2) is 5.57 Å². The third kappa shape index (κ3) is 3.80. The second-order valence-electron chi connectivity index (χ2n) is 4.92. The summed E-state index contributed by atoms with van der Waals surface area (Å²) in [5.41, 5.74) is -0.725. The van der Waals surface area contributed by atoms with Crippen molar-refractivity contribution in [2.45, 2.75) is 19.6 Å². The number of carbonyl (C=O) groups is 2. The zero-order chi connectivity index (χ0) is 17.4. The Hall–Kier alpha value is -2.13. The molecule has 122 valence electrons. The lowest BCUT2D eigenvalue weighted by Crippen LogP contribution is -2.42. The van der Waals surface area contributed by atoms with Crippen LogP contribution in [-0.2, 0) is 19.1 Å². The number of cyclic esters (lactones) is 2. The minimum Gasteiger partial charge on any atom is -0.419 e. The highest BCUT2D eigenvalue weighted by Gasteiger charge is 2.39. The minimum atomic E-state index is -1.36. The molecule has 1 fully saturated rings. The van der Waals surface area contributed by atoms with Crippen molar-refractivity contribution >= 4 is 50.8 Å². The van der Waals surface area contributed by atoms with Gasteiger partial charge in [0.2, 0.25) is 0 Å². The molecule has 1 N–H and O–H groups in total. The molecule has 0 atom stereocenters. The van der Waals surface area contributed by atoms with E-state index in [1.54, 1.807) is 0 Å². The van der Waals surface area contributed by atoms with E-state index in [9.17, 15) is 19.7 Å². The topological polar surface area (TPSA) is 108 Å². The number of ether oxygens (including phenoxy) is 2. The smallest absolute Gasteiger partial charge is 0.350 e. The summed E-state index contributed by atoms with van der Waals surface area (Å²) < 4.78 is 10.1. The first kappa shape index (κ1) is 17.2. The number of anilines is 1. The number of halogens is 2. The van der Waals surface area contributed by atoms with Crippen molar-refractivity contribution in [2.24, 2.45) is 0 Å². The second-order valence-corrected chi connectivity index (χ2v) is 6.21. The van der Waals surface area contributed by atoms with Crippen LogP contribution in [0.15, 0.2) is 28.4 Å². The Morgan fingerprint density at radius 1 is 1.30 bits per heavy atom. The molecule has 1 aromatic rings. The van der Waals surface area contributed by atoms with Crippen LogP contribution in [0.25, 0.3) is 0 Å². The Balaban J connectivity index is 2.35. The number of hydrogen-bond donors (Lipinski definition) is 1. The van der Waals surface area contributed by atoms with Crippen molar-refractivity contribution in [3.63, 3.8) is 0 Å². The maximum Gasteiger partial charge on any atom is 0.350 e. The van der Waals surface area contributed by atoms with Crippen molar-refractivity contribution in [2.75, 3.05) is 5.32 Å². The number of nitrogens with one attached hydrogen (secondary N) is 1. The van der Waals surface area contributed by atoms with Gasteiger partial charge in [0, 0.05) is 35.6 Å². The number of nitro benzene ring substituents is 1. The summed E-state index contributed by atoms with van der Waals surface area (Å²) in [6, 6.07) is 2.56. The molecule has 0 radical (unpaired) electrons. The first-order valence-electron chi connectivity index (χ1n) is 6.17. The van der Waals surface area contributed by atoms with Crippen molar-refractivity contribution in [1.29, 1.82) is 0 Å². The van der Waals surface area contributed by atoms with Crippen molar-refractivity contribution in [3.8, 4) is 0 Å². The van der Waals surface area contributed by atoms with Crippen molar-refractivity contribution in [1.82, 2.24) is 0 Å². The first-order valence-corrected chi connectivity index (χ1v) is 7.34. The van der Waals surface area contributed by atoms with Gasteiger partial charge < -0.3 is 14.8 Å². The van der Waals surface area contributed by atoms with Crippen LogP contribution in [0.4, 0.5) is 11.4 Å². The fourth-order valence-electron chi connectivity index (χ4n) is 1.77. The fraction of sp³-hybridized carbons (Fsp3) is 0.231. The van der Waals surface area contributed by atoms with Gasteiger partial charge in [0.1, 0.15) is 5.69 Å². The third-order valence-corrected chi connectivity index (χ3v) is 3.55. The Bertz CT molecular complexity index is 724. The molecule has 0 spiro atoms. The van der Waals surface area contributed by atoms with Gasteiger partial charge in [-0.25, -0.2) is 9.59 Å². The van der Waals surface area contributed by atoms with Gasteiger partial charge in [-0.2, -0.15) is 0 Å². The Morgan fingerprint density at radius 2 is 1.87 bits per heavy atom. The average Bonchev–Trinajstić information content (AvgIpc) is 2.37. The first-order chi connectivity index (χ1) is 10.6. The Morgan fingerprint density at radius 3 is 2.39 bits per heavy atom. The van der Waals surface area contributed by atoms with Crippen molar-refractivity contribution < 1.29 is 24.0 Å². The zero-order valence-electron chi connectivity index (χ0n) is 11.9. The van der Waals surface area contributed by atoms with Crippen LogP contribution < -0.4 is 5.32 Å². The van der Waals surface area contributed by atoms with Crippen LogP contribution in [0.3, 0.4) is 0 Å². The van der Waals surface area contributed by atoms with Gasteiger partial charge in [-0.3, -0.25) is 10.1 Å². The van der Waals surface area contributed by atoms with Gasteiger partial charge in [-0.15, -0.1) is 0 Å². The quantitative estimate of drug-likeness (QED) is 0.270. The fourth-order valence-corrected chi connectivity index (χ4v) is 2.68. The summed E-state index contributed by atoms with van der Waals surface area (Å²) in [6.45, 7) is 2.82. The molecule has 1 aliphatic heterocycles. The average molecular weight is 406 g/mol. The molecular formula is C13H10BrClN2O6. The number of nitrogens with zero attached hydrogens (tertiary/aromatic N) is 1. The molecule has 8 nitrogen and oxygen atoms in total. The summed E-state index contributed by atoms with van der Waals surface area (Å²) in [7, 11) is 0. The predicted molar refractivity (Wildman–Crippen MR) is 83.8 cm³/mol. The van der Waals surface area contributed by atoms with Crippen LogP contribution in [0.5, 0.6) is 0 Å². The Kier molecular flexibility index (Phi) is 4.62. The number of hydrogen-bond acceptors (Lipinski definition) is 7. The minimum absolute atomic E-state index is 0.0253. The molecule has 10 heteroatoms. The van der Waals surface area contributed by atoms with E-state index in [-0.39, 0.29) is 20.9 Å². The molecule has 2 rings (SSSR count). The summed E-state index contributed by atoms with van der Waals surface area (Å²) in [6.07, 6.45) is 0.987. The monoisotopic (exact) mass is 404 g/mol. The van der Waals surface area contributed by atoms with Gasteiger partial charge in [0.25, 0.3) is 11.5 Å². The molecule has 0 unspecified atom stereocenters. The molecular weight excluding hydrogens is 396 g/mol. The molecule has 1 aliphatic rings. The SMILES string of the molecule is CC1(C)OC(=O)C(=CNc2c(Br)cc(Cl)cc2[N+](=O)[O-])C(=O)O1. The van der Waals surface area contributed by atoms with E-state index in [1.807, 2.05) is 0 Å². The standard InChI is InChI=1S/C13H10BrClN2O6/c1-13(2)22-11(18)7(12(19)23-13)5-16-10-8(14)3-6(15)4-9(10)17(20)21/h3-5,16H,1-2H3. The van der Waals surface area contributed by atoms with Crippen LogP contribution in [-0.4, -0.2) is 22.6 Å². The largest absolute Gasteiger partial charge is 0.419 e. The van der Waals surface area contributed by atoms with E-state index in [2.05, 4.69) is 21.2 Å². The molecule has 0 saturated carbocycles. The summed E-state index contributed by atoms with van der Waals surface area (Å²) >= 11 is 8.89. The van der Waals surface area contributed by atoms with E-state index in [0.717, 1.165) is 12.3 Å². The predicted octanol–water partition coefficient (Wildman–Crippen LogP) is 3.14. The molecule has 0 bridgehead atoms. The van der Waals surface area contributed by atoms with Crippen LogP contribution in [0.1, 0.15) is 13.8 Å². The lowest BCUT2D eigenvalue weighted by Gasteiger charge is -2.29. The molecule has 1 aromatic carbocycles. The van der Waals surface area contributed by atoms with Gasteiger partial charge in [-0.05, 0) is 22.0 Å². The van der Waals surface area contributed by atoms with E-state index in [1.165, 1.54) is 19.9 Å². The molecule has 0 aliphatic carbocycles. The molecule has 0 amide bonds. The maximum absolute atomic E-state index is 11.8. The lowest BCUT2D eigenvalue weighted by molar-refractivity contribution is -0.384. The number of nitro groups is 1. The van der Waals surface area contributed by atoms with Crippen LogP contribution >= 0.6 is 27.5 Å². The van der Waals surface area contributed by atoms with Gasteiger partial charge >= 0.3 is 11.9 Å². The summed E-state index contributed by atoms with van der Waals surface area (Å²) in [5.74, 6) is -3.16. The number of rotatable bonds is 3. The highest BCUT2D eigenvalue weighted by atomic mass is 79.9. The Labute approximate surface area is 143 Å².